The molecule has 1 aromatic heterocycles. The van der Waals surface area contributed by atoms with E-state index in [-0.39, 0.29) is 0 Å². The summed E-state index contributed by atoms with van der Waals surface area (Å²) in [5.74, 6) is 2.39. The molecule has 154 valence electrons. The number of rotatable bonds is 5. The molecule has 1 aliphatic rings. The minimum atomic E-state index is 0.615. The number of fused-ring (bicyclic) bond motifs is 1. The zero-order valence-electron chi connectivity index (χ0n) is 17.9. The van der Waals surface area contributed by atoms with Crippen LogP contribution in [0.15, 0.2) is 91.3 Å². The Morgan fingerprint density at radius 3 is 2.13 bits per heavy atom. The normalized spacial score (nSPS) is 13.0. The van der Waals surface area contributed by atoms with E-state index in [4.69, 9.17) is 0 Å². The summed E-state index contributed by atoms with van der Waals surface area (Å²) in [6.07, 6.45) is 4.60. The largest absolute Gasteiger partial charge is 0.305 e. The lowest BCUT2D eigenvalue weighted by atomic mass is 9.93. The fourth-order valence-electron chi connectivity index (χ4n) is 4.26. The quantitative estimate of drug-likeness (QED) is 0.374. The van der Waals surface area contributed by atoms with E-state index < -0.39 is 0 Å². The maximum absolute atomic E-state index is 4.67. The minimum Gasteiger partial charge on any atom is -0.305 e. The summed E-state index contributed by atoms with van der Waals surface area (Å²) in [5, 5.41) is 0. The molecule has 2 heterocycles. The van der Waals surface area contributed by atoms with Gasteiger partial charge < -0.3 is 9.80 Å². The summed E-state index contributed by atoms with van der Waals surface area (Å²) in [5.41, 5.74) is 6.17. The first-order valence-electron chi connectivity index (χ1n) is 10.8. The fourth-order valence-corrected chi connectivity index (χ4v) is 4.26. The second-order valence-electron chi connectivity index (χ2n) is 8.34. The topological polar surface area (TPSA) is 32.3 Å². The average molecular weight is 407 g/mol. The lowest BCUT2D eigenvalue weighted by molar-refractivity contribution is 0.648. The van der Waals surface area contributed by atoms with Crippen molar-refractivity contribution in [1.29, 1.82) is 0 Å². The second-order valence-corrected chi connectivity index (χ2v) is 8.34. The molecule has 0 aliphatic carbocycles. The van der Waals surface area contributed by atoms with Gasteiger partial charge in [0.2, 0.25) is 0 Å². The molecule has 0 fully saturated rings. The van der Waals surface area contributed by atoms with Crippen molar-refractivity contribution in [1.82, 2.24) is 9.97 Å². The van der Waals surface area contributed by atoms with Crippen LogP contribution in [0, 0.1) is 5.92 Å². The number of aromatic nitrogens is 2. The summed E-state index contributed by atoms with van der Waals surface area (Å²) in [6.45, 7) is 5.22. The van der Waals surface area contributed by atoms with Crippen molar-refractivity contribution in [2.75, 3.05) is 16.5 Å². The van der Waals surface area contributed by atoms with Gasteiger partial charge in [0, 0.05) is 23.8 Å². The monoisotopic (exact) mass is 406 g/mol. The van der Waals surface area contributed by atoms with E-state index in [2.05, 4.69) is 106 Å². The molecule has 0 unspecified atom stereocenters. The van der Waals surface area contributed by atoms with E-state index >= 15 is 0 Å². The molecule has 4 aromatic rings. The van der Waals surface area contributed by atoms with Crippen LogP contribution in [0.1, 0.15) is 19.4 Å². The molecule has 0 N–H and O–H groups in total. The lowest BCUT2D eigenvalue weighted by Crippen LogP contribution is -2.24. The van der Waals surface area contributed by atoms with Crippen LogP contribution in [0.3, 0.4) is 0 Å². The van der Waals surface area contributed by atoms with Crippen molar-refractivity contribution >= 4 is 23.0 Å². The standard InChI is InChI=1S/C27H26N4/c1-20(2)17-21-9-6-7-14-25(21)22-10-8-13-24(18-22)31-19-30(23-11-4-3-5-12-23)26-27(31)29-16-15-28-26/h3-16,18,20H,17,19H2,1-2H3. The molecule has 31 heavy (non-hydrogen) atoms. The van der Waals surface area contributed by atoms with Gasteiger partial charge in [0.1, 0.15) is 6.67 Å². The average Bonchev–Trinajstić information content (AvgIpc) is 3.20. The maximum Gasteiger partial charge on any atom is 0.178 e. The number of anilines is 4. The van der Waals surface area contributed by atoms with Gasteiger partial charge in [0.25, 0.3) is 0 Å². The van der Waals surface area contributed by atoms with Crippen molar-refractivity contribution in [3.8, 4) is 11.1 Å². The molecule has 3 aromatic carbocycles. The number of para-hydroxylation sites is 1. The third-order valence-electron chi connectivity index (χ3n) is 5.64. The summed E-state index contributed by atoms with van der Waals surface area (Å²) in [4.78, 5) is 13.8. The smallest absolute Gasteiger partial charge is 0.178 e. The Balaban J connectivity index is 1.54. The van der Waals surface area contributed by atoms with E-state index in [1.807, 2.05) is 6.07 Å². The van der Waals surface area contributed by atoms with Crippen molar-refractivity contribution in [2.45, 2.75) is 20.3 Å². The molecule has 0 amide bonds. The Bertz CT molecular complexity index is 1190. The summed E-state index contributed by atoms with van der Waals surface area (Å²) in [7, 11) is 0. The number of benzene rings is 3. The lowest BCUT2D eigenvalue weighted by Gasteiger charge is -2.21. The number of hydrogen-bond acceptors (Lipinski definition) is 4. The third-order valence-corrected chi connectivity index (χ3v) is 5.64. The van der Waals surface area contributed by atoms with E-state index in [0.717, 1.165) is 29.4 Å². The Hall–Kier alpha value is -3.66. The molecule has 1 aliphatic heterocycles. The zero-order valence-corrected chi connectivity index (χ0v) is 17.9. The molecule has 0 radical (unpaired) electrons. The Morgan fingerprint density at radius 2 is 1.39 bits per heavy atom. The van der Waals surface area contributed by atoms with Crippen LogP contribution in [0.5, 0.6) is 0 Å². The van der Waals surface area contributed by atoms with Gasteiger partial charge in [-0.3, -0.25) is 0 Å². The van der Waals surface area contributed by atoms with Gasteiger partial charge in [-0.2, -0.15) is 0 Å². The van der Waals surface area contributed by atoms with Crippen LogP contribution in [0.25, 0.3) is 11.1 Å². The van der Waals surface area contributed by atoms with Crippen molar-refractivity contribution in [3.63, 3.8) is 0 Å². The highest BCUT2D eigenvalue weighted by atomic mass is 15.4. The first-order chi connectivity index (χ1) is 15.2. The highest BCUT2D eigenvalue weighted by Crippen LogP contribution is 2.41. The Labute approximate surface area is 183 Å². The van der Waals surface area contributed by atoms with Crippen LogP contribution in [-0.4, -0.2) is 16.6 Å². The van der Waals surface area contributed by atoms with Crippen LogP contribution in [0.4, 0.5) is 23.0 Å². The molecule has 0 spiro atoms. The summed E-state index contributed by atoms with van der Waals surface area (Å²) < 4.78 is 0. The van der Waals surface area contributed by atoms with Crippen LogP contribution >= 0.6 is 0 Å². The zero-order chi connectivity index (χ0) is 21.2. The molecular weight excluding hydrogens is 380 g/mol. The van der Waals surface area contributed by atoms with E-state index in [9.17, 15) is 0 Å². The second kappa shape index (κ2) is 8.23. The highest BCUT2D eigenvalue weighted by molar-refractivity contribution is 5.83. The predicted octanol–water partition coefficient (Wildman–Crippen LogP) is 6.59. The van der Waals surface area contributed by atoms with Crippen LogP contribution in [0.2, 0.25) is 0 Å². The number of nitrogens with zero attached hydrogens (tertiary/aromatic N) is 4. The minimum absolute atomic E-state index is 0.615. The molecule has 5 rings (SSSR count). The first kappa shape index (κ1) is 19.3. The first-order valence-corrected chi connectivity index (χ1v) is 10.8. The van der Waals surface area contributed by atoms with Gasteiger partial charge in [0.05, 0.1) is 0 Å². The van der Waals surface area contributed by atoms with Gasteiger partial charge in [-0.15, -0.1) is 0 Å². The SMILES string of the molecule is CC(C)Cc1ccccc1-c1cccc(N2CN(c3ccccc3)c3nccnc32)c1. The molecule has 4 heteroatoms. The molecule has 0 bridgehead atoms. The molecule has 0 saturated heterocycles. The maximum atomic E-state index is 4.67. The summed E-state index contributed by atoms with van der Waals surface area (Å²) >= 11 is 0. The third kappa shape index (κ3) is 3.77. The molecule has 0 atom stereocenters. The van der Waals surface area contributed by atoms with E-state index in [1.54, 1.807) is 12.4 Å². The van der Waals surface area contributed by atoms with Crippen molar-refractivity contribution in [3.05, 3.63) is 96.8 Å². The van der Waals surface area contributed by atoms with Gasteiger partial charge in [0.15, 0.2) is 11.6 Å². The molecule has 4 nitrogen and oxygen atoms in total. The Morgan fingerprint density at radius 1 is 0.742 bits per heavy atom. The van der Waals surface area contributed by atoms with Crippen LogP contribution < -0.4 is 9.80 Å². The number of hydrogen-bond donors (Lipinski definition) is 0. The molecule has 0 saturated carbocycles. The van der Waals surface area contributed by atoms with E-state index in [0.29, 0.717) is 12.6 Å². The van der Waals surface area contributed by atoms with Crippen molar-refractivity contribution < 1.29 is 0 Å². The van der Waals surface area contributed by atoms with E-state index in [1.165, 1.54) is 16.7 Å². The fraction of sp³-hybridized carbons (Fsp3) is 0.185. The Kier molecular flexibility index (Phi) is 5.13. The van der Waals surface area contributed by atoms with Gasteiger partial charge in [-0.05, 0) is 53.3 Å². The summed E-state index contributed by atoms with van der Waals surface area (Å²) in [6, 6.07) is 27.9. The van der Waals surface area contributed by atoms with Gasteiger partial charge in [-0.25, -0.2) is 9.97 Å². The van der Waals surface area contributed by atoms with Gasteiger partial charge >= 0.3 is 0 Å². The highest BCUT2D eigenvalue weighted by Gasteiger charge is 2.30. The predicted molar refractivity (Wildman–Crippen MR) is 128 cm³/mol. The van der Waals surface area contributed by atoms with Gasteiger partial charge in [-0.1, -0.05) is 68.4 Å². The van der Waals surface area contributed by atoms with Crippen molar-refractivity contribution in [2.24, 2.45) is 5.92 Å². The molecular formula is C27H26N4. The van der Waals surface area contributed by atoms with Crippen LogP contribution in [-0.2, 0) is 6.42 Å².